The summed E-state index contributed by atoms with van der Waals surface area (Å²) < 4.78 is 10.1. The van der Waals surface area contributed by atoms with Gasteiger partial charge in [-0.05, 0) is 19.3 Å². The Bertz CT molecular complexity index is 425. The maximum absolute atomic E-state index is 11.1. The molecule has 25 heavy (non-hydrogen) atoms. The van der Waals surface area contributed by atoms with Gasteiger partial charge in [0.2, 0.25) is 0 Å². The molecule has 1 unspecified atom stereocenters. The van der Waals surface area contributed by atoms with Gasteiger partial charge >= 0.3 is 5.97 Å². The van der Waals surface area contributed by atoms with Crippen LogP contribution in [0.5, 0.6) is 0 Å². The van der Waals surface area contributed by atoms with Crippen molar-refractivity contribution < 1.29 is 14.3 Å². The summed E-state index contributed by atoms with van der Waals surface area (Å²) in [5, 5.41) is 3.49. The van der Waals surface area contributed by atoms with E-state index >= 15 is 0 Å². The van der Waals surface area contributed by atoms with Crippen LogP contribution in [0.15, 0.2) is 4.99 Å². The van der Waals surface area contributed by atoms with Crippen molar-refractivity contribution in [3.8, 4) is 0 Å². The van der Waals surface area contributed by atoms with E-state index < -0.39 is 0 Å². The number of ether oxygens (including phenoxy) is 2. The SMILES string of the molecule is CN=C(NCCCCCCC(=O)OC)N1CCC(N2CCOCC2)C1. The van der Waals surface area contributed by atoms with E-state index in [-0.39, 0.29) is 5.97 Å². The van der Waals surface area contributed by atoms with Crippen LogP contribution in [0.4, 0.5) is 0 Å². The number of guanidine groups is 1. The molecule has 0 spiro atoms. The highest BCUT2D eigenvalue weighted by atomic mass is 16.5. The molecule has 0 aromatic heterocycles. The van der Waals surface area contributed by atoms with Gasteiger partial charge in [-0.2, -0.15) is 0 Å². The van der Waals surface area contributed by atoms with Crippen LogP contribution in [0.3, 0.4) is 0 Å². The Balaban J connectivity index is 1.58. The fourth-order valence-corrected chi connectivity index (χ4v) is 3.56. The summed E-state index contributed by atoms with van der Waals surface area (Å²) in [7, 11) is 3.31. The molecule has 7 nitrogen and oxygen atoms in total. The number of nitrogens with one attached hydrogen (secondary N) is 1. The summed E-state index contributed by atoms with van der Waals surface area (Å²) in [5.74, 6) is 0.910. The molecule has 2 fully saturated rings. The van der Waals surface area contributed by atoms with Gasteiger partial charge in [-0.15, -0.1) is 0 Å². The molecular formula is C18H34N4O3. The number of hydrogen-bond acceptors (Lipinski definition) is 5. The number of unbranched alkanes of at least 4 members (excludes halogenated alkanes) is 3. The predicted molar refractivity (Wildman–Crippen MR) is 98.8 cm³/mol. The molecule has 0 radical (unpaired) electrons. The molecule has 144 valence electrons. The molecule has 1 N–H and O–H groups in total. The fraction of sp³-hybridized carbons (Fsp3) is 0.889. The van der Waals surface area contributed by atoms with Gasteiger partial charge in [-0.25, -0.2) is 0 Å². The van der Waals surface area contributed by atoms with Crippen molar-refractivity contribution in [1.82, 2.24) is 15.1 Å². The molecule has 2 rings (SSSR count). The lowest BCUT2D eigenvalue weighted by Gasteiger charge is -2.32. The number of hydrogen-bond donors (Lipinski definition) is 1. The van der Waals surface area contributed by atoms with E-state index in [2.05, 4.69) is 24.8 Å². The highest BCUT2D eigenvalue weighted by Crippen LogP contribution is 2.17. The lowest BCUT2D eigenvalue weighted by Crippen LogP contribution is -2.46. The van der Waals surface area contributed by atoms with Crippen molar-refractivity contribution in [3.63, 3.8) is 0 Å². The van der Waals surface area contributed by atoms with Gasteiger partial charge in [-0.3, -0.25) is 14.7 Å². The molecule has 0 aliphatic carbocycles. The van der Waals surface area contributed by atoms with E-state index in [1.807, 2.05) is 7.05 Å². The molecule has 2 aliphatic rings. The Morgan fingerprint density at radius 3 is 2.68 bits per heavy atom. The highest BCUT2D eigenvalue weighted by Gasteiger charge is 2.30. The van der Waals surface area contributed by atoms with E-state index in [0.29, 0.717) is 12.5 Å². The molecule has 0 saturated carbocycles. The fourth-order valence-electron chi connectivity index (χ4n) is 3.56. The van der Waals surface area contributed by atoms with Gasteiger partial charge in [0, 0.05) is 52.2 Å². The van der Waals surface area contributed by atoms with Crippen LogP contribution in [0.2, 0.25) is 0 Å². The molecule has 0 aromatic rings. The van der Waals surface area contributed by atoms with Crippen LogP contribution in [-0.2, 0) is 14.3 Å². The van der Waals surface area contributed by atoms with Crippen LogP contribution in [0.1, 0.15) is 38.5 Å². The molecular weight excluding hydrogens is 320 g/mol. The maximum Gasteiger partial charge on any atom is 0.305 e. The normalized spacial score (nSPS) is 22.2. The Morgan fingerprint density at radius 2 is 1.96 bits per heavy atom. The number of rotatable bonds is 8. The third-order valence-electron chi connectivity index (χ3n) is 5.06. The Morgan fingerprint density at radius 1 is 1.20 bits per heavy atom. The minimum Gasteiger partial charge on any atom is -0.469 e. The second-order valence-electron chi connectivity index (χ2n) is 6.75. The molecule has 2 saturated heterocycles. The molecule has 2 aliphatic heterocycles. The zero-order valence-electron chi connectivity index (χ0n) is 15.8. The molecule has 0 aromatic carbocycles. The Labute approximate surface area is 151 Å². The first-order chi connectivity index (χ1) is 12.2. The summed E-state index contributed by atoms with van der Waals surface area (Å²) in [5.41, 5.74) is 0. The smallest absolute Gasteiger partial charge is 0.305 e. The highest BCUT2D eigenvalue weighted by molar-refractivity contribution is 5.80. The zero-order valence-corrected chi connectivity index (χ0v) is 15.8. The van der Waals surface area contributed by atoms with Crippen molar-refractivity contribution >= 4 is 11.9 Å². The summed E-state index contributed by atoms with van der Waals surface area (Å²) in [4.78, 5) is 20.4. The van der Waals surface area contributed by atoms with Crippen LogP contribution in [-0.4, -0.2) is 87.9 Å². The van der Waals surface area contributed by atoms with Gasteiger partial charge in [0.25, 0.3) is 0 Å². The van der Waals surface area contributed by atoms with Crippen molar-refractivity contribution in [2.24, 2.45) is 4.99 Å². The van der Waals surface area contributed by atoms with Crippen molar-refractivity contribution in [2.75, 3.05) is 60.1 Å². The minimum atomic E-state index is -0.109. The first-order valence-electron chi connectivity index (χ1n) is 9.58. The molecule has 1 atom stereocenters. The second-order valence-corrected chi connectivity index (χ2v) is 6.75. The monoisotopic (exact) mass is 354 g/mol. The van der Waals surface area contributed by atoms with E-state index in [4.69, 9.17) is 4.74 Å². The van der Waals surface area contributed by atoms with Crippen molar-refractivity contribution in [1.29, 1.82) is 0 Å². The van der Waals surface area contributed by atoms with Crippen molar-refractivity contribution in [3.05, 3.63) is 0 Å². The number of carbonyl (C=O) groups is 1. The summed E-state index contributed by atoms with van der Waals surface area (Å²) in [6.07, 6.45) is 5.93. The molecule has 2 heterocycles. The lowest BCUT2D eigenvalue weighted by atomic mass is 10.1. The zero-order chi connectivity index (χ0) is 17.9. The second kappa shape index (κ2) is 11.3. The maximum atomic E-state index is 11.1. The Hall–Kier alpha value is -1.34. The number of morpholine rings is 1. The van der Waals surface area contributed by atoms with Crippen LogP contribution < -0.4 is 5.32 Å². The number of nitrogens with zero attached hydrogens (tertiary/aromatic N) is 3. The van der Waals surface area contributed by atoms with E-state index in [0.717, 1.165) is 77.6 Å². The van der Waals surface area contributed by atoms with Gasteiger partial charge in [0.1, 0.15) is 0 Å². The first-order valence-corrected chi connectivity index (χ1v) is 9.58. The average Bonchev–Trinajstić information content (AvgIpc) is 3.14. The third kappa shape index (κ3) is 6.82. The summed E-state index contributed by atoms with van der Waals surface area (Å²) in [6, 6.07) is 0.626. The van der Waals surface area contributed by atoms with Crippen molar-refractivity contribution in [2.45, 2.75) is 44.6 Å². The topological polar surface area (TPSA) is 66.4 Å². The first kappa shape index (κ1) is 20.0. The number of esters is 1. The van der Waals surface area contributed by atoms with E-state index in [9.17, 15) is 4.79 Å². The lowest BCUT2D eigenvalue weighted by molar-refractivity contribution is -0.140. The summed E-state index contributed by atoms with van der Waals surface area (Å²) in [6.45, 7) is 6.88. The van der Waals surface area contributed by atoms with Gasteiger partial charge in [0.05, 0.1) is 20.3 Å². The largest absolute Gasteiger partial charge is 0.469 e. The Kier molecular flexibility index (Phi) is 9.04. The van der Waals surface area contributed by atoms with E-state index in [1.54, 1.807) is 0 Å². The predicted octanol–water partition coefficient (Wildman–Crippen LogP) is 1.09. The number of methoxy groups -OCH3 is 1. The number of likely N-dealkylation sites (tertiary alicyclic amines) is 1. The van der Waals surface area contributed by atoms with Crippen LogP contribution in [0.25, 0.3) is 0 Å². The standard InChI is InChI=1S/C18H34N4O3/c1-19-18(20-9-6-4-3-5-7-17(23)24-2)22-10-8-16(15-22)21-11-13-25-14-12-21/h16H,3-15H2,1-2H3,(H,19,20). The van der Waals surface area contributed by atoms with Crippen LogP contribution >= 0.6 is 0 Å². The molecule has 0 amide bonds. The third-order valence-corrected chi connectivity index (χ3v) is 5.06. The quantitative estimate of drug-likeness (QED) is 0.305. The molecule has 0 bridgehead atoms. The summed E-state index contributed by atoms with van der Waals surface area (Å²) >= 11 is 0. The van der Waals surface area contributed by atoms with Gasteiger partial charge < -0.3 is 19.7 Å². The average molecular weight is 354 g/mol. The molecule has 7 heteroatoms. The van der Waals surface area contributed by atoms with E-state index in [1.165, 1.54) is 13.5 Å². The number of aliphatic imine (C=N–C) groups is 1. The van der Waals surface area contributed by atoms with Gasteiger partial charge in [0.15, 0.2) is 5.96 Å². The minimum absolute atomic E-state index is 0.109. The number of carbonyl (C=O) groups excluding carboxylic acids is 1. The van der Waals surface area contributed by atoms with Gasteiger partial charge in [-0.1, -0.05) is 12.8 Å². The van der Waals surface area contributed by atoms with Crippen LogP contribution in [0, 0.1) is 0 Å².